The van der Waals surface area contributed by atoms with Crippen LogP contribution in [0, 0.1) is 43.4 Å². The third kappa shape index (κ3) is 20.9. The quantitative estimate of drug-likeness (QED) is 0.0222. The van der Waals surface area contributed by atoms with Crippen LogP contribution in [-0.2, 0) is 19.8 Å². The minimum Gasteiger partial charge on any atom is -0.505 e. The Morgan fingerprint density at radius 3 is 1.33 bits per heavy atom. The first-order chi connectivity index (χ1) is 63.2. The van der Waals surface area contributed by atoms with Gasteiger partial charge in [-0.25, -0.2) is 24.6 Å². The number of hydrogen-bond acceptors (Lipinski definition) is 33. The van der Waals surface area contributed by atoms with Crippen LogP contribution in [0.4, 0.5) is 66.6 Å². The van der Waals surface area contributed by atoms with Gasteiger partial charge in [0.1, 0.15) is 51.2 Å². The molecule has 0 bridgehead atoms. The summed E-state index contributed by atoms with van der Waals surface area (Å²) < 4.78 is 15.1. The van der Waals surface area contributed by atoms with E-state index in [9.17, 15) is 49.7 Å². The SMILES string of the molecule is COc1c(C(=O)Nc2cccnc2)cc2ccccc2c1N=Nc1snc(C)c1C#N.Cc1nc(N=Nc2c(O)c(C(=O)Nc3ccc(CO)cc3)cc3ccccc23)sc1C#N.Cc1nsc(N=Nc2c(O)c(C(=O)Nc3ccc(CO)cc3)cc3ccccc23)n1.O=Cc1cn(-c2ncccn2)nc1N=Nc1c(O)c(C(=O)Nc2ccc(CO)cc2)cc2ccccc12. The van der Waals surface area contributed by atoms with Gasteiger partial charge in [0.15, 0.2) is 34.3 Å². The molecule has 0 spiro atoms. The first-order valence-electron chi connectivity index (χ1n) is 38.9. The highest BCUT2D eigenvalue weighted by atomic mass is 32.1. The van der Waals surface area contributed by atoms with Crippen LogP contribution in [0.1, 0.15) is 96.1 Å². The molecule has 6 aromatic heterocycles. The lowest BCUT2D eigenvalue weighted by Gasteiger charge is -2.13. The van der Waals surface area contributed by atoms with Crippen LogP contribution < -0.4 is 26.0 Å². The molecule has 38 heteroatoms. The number of nitrogens with zero attached hydrogens (tertiary/aromatic N) is 19. The molecule has 0 atom stereocenters. The number of carbonyl (C=O) groups excluding carboxylic acids is 5. The number of hydrogen-bond donors (Lipinski definition) is 10. The maximum Gasteiger partial charge on any atom is 0.259 e. The maximum absolute atomic E-state index is 13.1. The first-order valence-corrected chi connectivity index (χ1v) is 41.2. The van der Waals surface area contributed by atoms with Crippen molar-refractivity contribution >= 4 is 174 Å². The molecule has 4 amide bonds. The van der Waals surface area contributed by atoms with Crippen molar-refractivity contribution in [2.45, 2.75) is 40.6 Å². The molecule has 0 aliphatic carbocycles. The van der Waals surface area contributed by atoms with E-state index in [1.165, 1.54) is 30.4 Å². The van der Waals surface area contributed by atoms with E-state index in [1.54, 1.807) is 191 Å². The molecule has 0 saturated carbocycles. The van der Waals surface area contributed by atoms with Crippen LogP contribution in [0.25, 0.3) is 49.0 Å². The van der Waals surface area contributed by atoms with Crippen molar-refractivity contribution in [2.24, 2.45) is 40.9 Å². The second-order valence-corrected chi connectivity index (χ2v) is 30.2. The number of aromatic hydroxyl groups is 3. The van der Waals surface area contributed by atoms with Crippen molar-refractivity contribution in [2.75, 3.05) is 28.4 Å². The Morgan fingerprint density at radius 2 is 0.908 bits per heavy atom. The van der Waals surface area contributed by atoms with Gasteiger partial charge in [-0.2, -0.15) is 19.3 Å². The Bertz CT molecular complexity index is 7340. The summed E-state index contributed by atoms with van der Waals surface area (Å²) in [7, 11) is 1.47. The van der Waals surface area contributed by atoms with Gasteiger partial charge in [0.2, 0.25) is 16.1 Å². The Hall–Kier alpha value is -17.3. The molecule has 17 aromatic rings. The fourth-order valence-corrected chi connectivity index (χ4v) is 14.6. The number of anilines is 4. The molecule has 10 N–H and O–H groups in total. The molecular formula is C92H69N23O12S3. The predicted molar refractivity (Wildman–Crippen MR) is 490 cm³/mol. The zero-order valence-corrected chi connectivity index (χ0v) is 71.1. The summed E-state index contributed by atoms with van der Waals surface area (Å²) in [6.07, 6.45) is 8.25. The Balaban J connectivity index is 0.000000140. The lowest BCUT2D eigenvalue weighted by molar-refractivity contribution is 0.101. The van der Waals surface area contributed by atoms with Crippen LogP contribution in [0.15, 0.2) is 284 Å². The van der Waals surface area contributed by atoms with E-state index in [4.69, 9.17) is 20.2 Å². The van der Waals surface area contributed by atoms with Gasteiger partial charge in [-0.1, -0.05) is 145 Å². The fourth-order valence-electron chi connectivity index (χ4n) is 12.7. The second kappa shape index (κ2) is 41.5. The smallest absolute Gasteiger partial charge is 0.259 e. The summed E-state index contributed by atoms with van der Waals surface area (Å²) in [5.74, 6) is -1.80. The highest BCUT2D eigenvalue weighted by Gasteiger charge is 2.26. The third-order valence-corrected chi connectivity index (χ3v) is 21.6. The van der Waals surface area contributed by atoms with Gasteiger partial charge in [0.05, 0.1) is 78.0 Å². The number of amides is 4. The molecule has 0 fully saturated rings. The van der Waals surface area contributed by atoms with Crippen molar-refractivity contribution in [3.05, 3.63) is 315 Å². The van der Waals surface area contributed by atoms with Gasteiger partial charge in [0, 0.05) is 74.9 Å². The number of aryl methyl sites for hydroxylation is 3. The lowest BCUT2D eigenvalue weighted by atomic mass is 10.0. The van der Waals surface area contributed by atoms with E-state index in [1.807, 2.05) is 60.7 Å². The molecule has 0 unspecified atom stereocenters. The molecule has 642 valence electrons. The number of fused-ring (bicyclic) bond motifs is 4. The Labute approximate surface area is 749 Å². The average molecular weight is 1780 g/mol. The van der Waals surface area contributed by atoms with Crippen molar-refractivity contribution in [1.82, 2.24) is 43.4 Å². The van der Waals surface area contributed by atoms with E-state index >= 15 is 0 Å². The van der Waals surface area contributed by atoms with Gasteiger partial charge < -0.3 is 56.6 Å². The molecule has 130 heavy (non-hydrogen) atoms. The number of carbonyl (C=O) groups is 5. The number of benzene rings is 11. The van der Waals surface area contributed by atoms with Crippen LogP contribution in [0.5, 0.6) is 23.0 Å². The molecule has 0 aliphatic rings. The number of aldehydes is 1. The standard InChI is InChI=1S/C26H19N7O4.C23H17N5O3S.C22H16N6O2S.C21H17N5O3S/c34-14-16-6-8-19(9-7-16)29-25(37)21-12-17-4-1-2-5-20(17)22(23(21)36)30-31-24-18(15-35)13-33(32-24)26-27-10-3-11-28-26;1-13-19(11-24)32-23(25-13)28-27-20-17-5-3-2-4-15(17)10-18(21(20)30)22(31)26-16-8-6-14(12-29)7-9-16;1-13-18(11-23)22(31-28-13)27-26-19-16-8-4-3-6-14(16)10-17(20(19)30-2)21(29)25-15-7-5-9-24-12-15;1-12-22-21(30-26-12)25-24-18-16-5-3-2-4-14(16)10-17(19(18)28)20(29)23-15-8-6-13(11-27)7-9-15/h1-13,15,34,36H,14H2,(H,29,37);2-10,29-30H,12H2,1H3,(H,26,31);3-10,12H,1-2H3,(H,25,29);2-10,27-28H,11H2,1H3,(H,23,29). The molecule has 0 radical (unpaired) electrons. The number of azo groups is 4. The zero-order valence-electron chi connectivity index (χ0n) is 68.6. The fraction of sp³-hybridized carbons (Fsp3) is 0.0761. The van der Waals surface area contributed by atoms with Gasteiger partial charge in [-0.15, -0.1) is 46.0 Å². The van der Waals surface area contributed by atoms with Crippen LogP contribution in [0.3, 0.4) is 0 Å². The van der Waals surface area contributed by atoms with E-state index in [-0.39, 0.29) is 105 Å². The molecule has 0 aliphatic heterocycles. The summed E-state index contributed by atoms with van der Waals surface area (Å²) >= 11 is 3.28. The molecule has 17 rings (SSSR count). The molecule has 0 saturated heterocycles. The van der Waals surface area contributed by atoms with Crippen molar-refractivity contribution in [3.8, 4) is 41.1 Å². The number of aliphatic hydroxyl groups excluding tert-OH is 3. The summed E-state index contributed by atoms with van der Waals surface area (Å²) in [5.41, 5.74) is 7.08. The lowest BCUT2D eigenvalue weighted by Crippen LogP contribution is -2.13. The zero-order chi connectivity index (χ0) is 91.3. The molecule has 11 aromatic carbocycles. The van der Waals surface area contributed by atoms with Crippen molar-refractivity contribution < 1.29 is 59.3 Å². The van der Waals surface area contributed by atoms with Gasteiger partial charge in [-0.05, 0) is 149 Å². The molecular weight excluding hydrogens is 1720 g/mol. The number of methoxy groups -OCH3 is 1. The van der Waals surface area contributed by atoms with Crippen LogP contribution in [0.2, 0.25) is 0 Å². The highest BCUT2D eigenvalue weighted by Crippen LogP contribution is 2.46. The number of nitrogens with one attached hydrogen (secondary N) is 4. The summed E-state index contributed by atoms with van der Waals surface area (Å²) in [5, 5.41) is 134. The molecule has 35 nitrogen and oxygen atoms in total. The largest absolute Gasteiger partial charge is 0.505 e. The van der Waals surface area contributed by atoms with E-state index in [0.29, 0.717) is 111 Å². The number of aliphatic hydroxyl groups is 3. The number of aromatic nitrogens is 9. The summed E-state index contributed by atoms with van der Waals surface area (Å²) in [6.45, 7) is 4.91. The van der Waals surface area contributed by atoms with Crippen molar-refractivity contribution in [1.29, 1.82) is 10.5 Å². The number of phenolic OH excluding ortho intramolecular Hbond substituents is 3. The van der Waals surface area contributed by atoms with Crippen LogP contribution in [-0.4, -0.2) is 111 Å². The normalized spacial score (nSPS) is 11.1. The average Bonchev–Trinajstić information content (AvgIpc) is 1.22. The van der Waals surface area contributed by atoms with Gasteiger partial charge in [-0.3, -0.25) is 29.0 Å². The maximum atomic E-state index is 13.1. The summed E-state index contributed by atoms with van der Waals surface area (Å²) in [4.78, 5) is 84.4. The minimum absolute atomic E-state index is 0.00948. The van der Waals surface area contributed by atoms with Crippen molar-refractivity contribution in [3.63, 3.8) is 0 Å². The van der Waals surface area contributed by atoms with E-state index in [2.05, 4.69) is 107 Å². The predicted octanol–water partition coefficient (Wildman–Crippen LogP) is 20.2. The number of nitriles is 2. The number of phenols is 3. The first kappa shape index (κ1) is 89.0. The Morgan fingerprint density at radius 1 is 0.469 bits per heavy atom. The van der Waals surface area contributed by atoms with E-state index in [0.717, 1.165) is 61.7 Å². The number of ether oxygens (including phenoxy) is 1. The summed E-state index contributed by atoms with van der Waals surface area (Å²) in [6, 6.07) is 65.0. The second-order valence-electron chi connectivity index (χ2n) is 27.7. The van der Waals surface area contributed by atoms with Gasteiger partial charge in [0.25, 0.3) is 29.6 Å². The van der Waals surface area contributed by atoms with Crippen LogP contribution >= 0.6 is 34.4 Å². The highest BCUT2D eigenvalue weighted by molar-refractivity contribution is 7.16. The number of thiazole rings is 1. The topological polar surface area (TPSA) is 519 Å². The number of pyridine rings is 1. The molecule has 6 heterocycles. The van der Waals surface area contributed by atoms with E-state index < -0.39 is 17.7 Å². The monoisotopic (exact) mass is 1780 g/mol. The van der Waals surface area contributed by atoms with Gasteiger partial charge >= 0.3 is 0 Å². The minimum atomic E-state index is -0.560. The number of rotatable bonds is 22. The third-order valence-electron chi connectivity index (χ3n) is 19.2. The Kier molecular flexibility index (Phi) is 28.4.